The van der Waals surface area contributed by atoms with E-state index in [4.69, 9.17) is 32.8 Å². The van der Waals surface area contributed by atoms with Gasteiger partial charge in [0, 0.05) is 31.5 Å². The number of hydrogen-bond acceptors (Lipinski definition) is 17. The predicted octanol–water partition coefficient (Wildman–Crippen LogP) is -0.602. The highest BCUT2D eigenvalue weighted by atomic mass is 16.7. The first-order chi connectivity index (χ1) is 22.7. The highest BCUT2D eigenvalue weighted by Gasteiger charge is 2.49. The van der Waals surface area contributed by atoms with Gasteiger partial charge in [0.15, 0.2) is 11.9 Å². The van der Waals surface area contributed by atoms with Crippen molar-refractivity contribution in [1.29, 1.82) is 0 Å². The standard InChI is InChI=1S/C31H34O17/c1-11-21(36)23(38)25(40)30(43-11)45-16-8-17(35)20-18(9-16)46-27(14-4-6-15(34)7-5-14)29(22(20)37)48-31-26(41)24(39)28(44-13(3)33)19(47-31)10-42-12(2)32/h4-9,11,19,21,23-26,28,30-31,34-36,38-41H,10H2,1-3H3. The number of ether oxygens (including phenoxy) is 6. The van der Waals surface area contributed by atoms with Crippen LogP contribution in [-0.2, 0) is 28.5 Å². The first-order valence-corrected chi connectivity index (χ1v) is 14.6. The molecule has 3 aromatic rings. The highest BCUT2D eigenvalue weighted by Crippen LogP contribution is 2.38. The summed E-state index contributed by atoms with van der Waals surface area (Å²) in [5.41, 5.74) is -1.10. The zero-order valence-corrected chi connectivity index (χ0v) is 25.7. The summed E-state index contributed by atoms with van der Waals surface area (Å²) in [4.78, 5) is 37.1. The Bertz CT molecular complexity index is 1700. The minimum absolute atomic E-state index is 0.135. The number of hydrogen-bond donors (Lipinski definition) is 7. The molecule has 0 spiro atoms. The molecule has 17 nitrogen and oxygen atoms in total. The topological polar surface area (TPSA) is 261 Å². The lowest BCUT2D eigenvalue weighted by molar-refractivity contribution is -0.282. The minimum atomic E-state index is -1.94. The molecule has 48 heavy (non-hydrogen) atoms. The Balaban J connectivity index is 1.56. The van der Waals surface area contributed by atoms with E-state index in [0.29, 0.717) is 0 Å². The average Bonchev–Trinajstić information content (AvgIpc) is 3.02. The SMILES string of the molecule is CC(=O)OCC1OC(Oc2c(-c3ccc(O)cc3)oc3cc(OC4OC(C)C(O)C(O)C4O)cc(O)c3c2=O)C(O)C(O)C1OC(C)=O. The monoisotopic (exact) mass is 678 g/mol. The summed E-state index contributed by atoms with van der Waals surface area (Å²) >= 11 is 0. The number of rotatable bonds is 8. The molecular weight excluding hydrogens is 644 g/mol. The van der Waals surface area contributed by atoms with Crippen LogP contribution in [0.25, 0.3) is 22.3 Å². The third kappa shape index (κ3) is 7.02. The molecule has 7 N–H and O–H groups in total. The maximum atomic E-state index is 14.0. The van der Waals surface area contributed by atoms with E-state index >= 15 is 0 Å². The molecule has 2 aliphatic heterocycles. The predicted molar refractivity (Wildman–Crippen MR) is 158 cm³/mol. The molecule has 17 heteroatoms. The smallest absolute Gasteiger partial charge is 0.303 e. The van der Waals surface area contributed by atoms with E-state index in [-0.39, 0.29) is 28.4 Å². The molecule has 5 rings (SSSR count). The lowest BCUT2D eigenvalue weighted by Gasteiger charge is -2.41. The number of phenolic OH excluding ortho intramolecular Hbond substituents is 2. The second-order valence-electron chi connectivity index (χ2n) is 11.3. The van der Waals surface area contributed by atoms with Crippen LogP contribution in [0.3, 0.4) is 0 Å². The molecule has 1 aromatic heterocycles. The summed E-state index contributed by atoms with van der Waals surface area (Å²) in [6.07, 6.45) is -15.6. The summed E-state index contributed by atoms with van der Waals surface area (Å²) in [6.45, 7) is 3.07. The minimum Gasteiger partial charge on any atom is -0.508 e. The van der Waals surface area contributed by atoms with Crippen LogP contribution in [0.4, 0.5) is 0 Å². The Morgan fingerprint density at radius 3 is 2.10 bits per heavy atom. The Morgan fingerprint density at radius 2 is 1.46 bits per heavy atom. The number of fused-ring (bicyclic) bond motifs is 1. The molecule has 2 aromatic carbocycles. The van der Waals surface area contributed by atoms with Crippen LogP contribution in [0.5, 0.6) is 23.0 Å². The molecule has 2 saturated heterocycles. The fourth-order valence-electron chi connectivity index (χ4n) is 5.27. The van der Waals surface area contributed by atoms with Gasteiger partial charge in [0.05, 0.1) is 6.10 Å². The van der Waals surface area contributed by atoms with E-state index in [9.17, 15) is 50.1 Å². The lowest BCUT2D eigenvalue weighted by Crippen LogP contribution is -2.61. The van der Waals surface area contributed by atoms with E-state index in [1.807, 2.05) is 0 Å². The van der Waals surface area contributed by atoms with Gasteiger partial charge in [-0.3, -0.25) is 14.4 Å². The first-order valence-electron chi connectivity index (χ1n) is 14.6. The van der Waals surface area contributed by atoms with Crippen LogP contribution in [0.1, 0.15) is 20.8 Å². The van der Waals surface area contributed by atoms with Crippen molar-refractivity contribution < 1.29 is 78.2 Å². The molecule has 0 aliphatic carbocycles. The zero-order valence-electron chi connectivity index (χ0n) is 25.7. The summed E-state index contributed by atoms with van der Waals surface area (Å²) in [6, 6.07) is 7.45. The van der Waals surface area contributed by atoms with E-state index in [1.54, 1.807) is 0 Å². The van der Waals surface area contributed by atoms with Gasteiger partial charge < -0.3 is 68.6 Å². The van der Waals surface area contributed by atoms with Gasteiger partial charge >= 0.3 is 11.9 Å². The van der Waals surface area contributed by atoms with Gasteiger partial charge in [0.25, 0.3) is 0 Å². The first kappa shape index (κ1) is 34.8. The number of aliphatic hydroxyl groups is 5. The largest absolute Gasteiger partial charge is 0.508 e. The van der Waals surface area contributed by atoms with Crippen molar-refractivity contribution in [2.75, 3.05) is 6.61 Å². The molecule has 2 fully saturated rings. The zero-order chi connectivity index (χ0) is 35.0. The van der Waals surface area contributed by atoms with Crippen LogP contribution in [0.2, 0.25) is 0 Å². The van der Waals surface area contributed by atoms with Crippen LogP contribution in [-0.4, -0.2) is 116 Å². The molecular formula is C31H34O17. The van der Waals surface area contributed by atoms with Crippen LogP contribution < -0.4 is 14.9 Å². The Kier molecular flexibility index (Phi) is 10.1. The third-order valence-electron chi connectivity index (χ3n) is 7.72. The van der Waals surface area contributed by atoms with E-state index in [2.05, 4.69) is 0 Å². The van der Waals surface area contributed by atoms with Crippen LogP contribution in [0, 0.1) is 0 Å². The van der Waals surface area contributed by atoms with Crippen molar-refractivity contribution in [3.05, 3.63) is 46.6 Å². The van der Waals surface area contributed by atoms with Crippen molar-refractivity contribution >= 4 is 22.9 Å². The lowest BCUT2D eigenvalue weighted by atomic mass is 9.99. The highest BCUT2D eigenvalue weighted by molar-refractivity contribution is 5.88. The van der Waals surface area contributed by atoms with Gasteiger partial charge in [0.2, 0.25) is 23.8 Å². The van der Waals surface area contributed by atoms with Gasteiger partial charge in [-0.25, -0.2) is 0 Å². The number of aromatic hydroxyl groups is 2. The summed E-state index contributed by atoms with van der Waals surface area (Å²) < 4.78 is 38.7. The fourth-order valence-corrected chi connectivity index (χ4v) is 5.27. The molecule has 0 saturated carbocycles. The number of phenols is 2. The van der Waals surface area contributed by atoms with Gasteiger partial charge in [-0.1, -0.05) is 0 Å². The molecule has 0 amide bonds. The molecule has 0 radical (unpaired) electrons. The van der Waals surface area contributed by atoms with Crippen molar-refractivity contribution in [2.45, 2.75) is 82.2 Å². The Hall–Kier alpha value is -4.49. The molecule has 2 aliphatic rings. The average molecular weight is 679 g/mol. The second-order valence-corrected chi connectivity index (χ2v) is 11.3. The normalized spacial score (nSPS) is 30.4. The van der Waals surface area contributed by atoms with Crippen molar-refractivity contribution in [3.63, 3.8) is 0 Å². The summed E-state index contributed by atoms with van der Waals surface area (Å²) in [5.74, 6) is -3.48. The summed E-state index contributed by atoms with van der Waals surface area (Å²) in [5, 5.41) is 72.6. The third-order valence-corrected chi connectivity index (χ3v) is 7.72. The fraction of sp³-hybridized carbons (Fsp3) is 0.452. The Labute approximate surface area is 271 Å². The van der Waals surface area contributed by atoms with Crippen molar-refractivity contribution in [3.8, 4) is 34.3 Å². The van der Waals surface area contributed by atoms with Gasteiger partial charge in [-0.2, -0.15) is 0 Å². The Morgan fingerprint density at radius 1 is 0.812 bits per heavy atom. The van der Waals surface area contributed by atoms with Gasteiger partial charge in [0.1, 0.15) is 71.4 Å². The van der Waals surface area contributed by atoms with Crippen LogP contribution in [0.15, 0.2) is 45.6 Å². The second kappa shape index (κ2) is 13.9. The molecule has 10 unspecified atom stereocenters. The number of carbonyl (C=O) groups is 2. The van der Waals surface area contributed by atoms with Crippen molar-refractivity contribution in [1.82, 2.24) is 0 Å². The van der Waals surface area contributed by atoms with Crippen molar-refractivity contribution in [2.24, 2.45) is 0 Å². The molecule has 3 heterocycles. The van der Waals surface area contributed by atoms with E-state index in [1.165, 1.54) is 37.3 Å². The van der Waals surface area contributed by atoms with E-state index in [0.717, 1.165) is 19.9 Å². The molecule has 0 bridgehead atoms. The number of carbonyl (C=O) groups excluding carboxylic acids is 2. The quantitative estimate of drug-likeness (QED) is 0.147. The summed E-state index contributed by atoms with van der Waals surface area (Å²) in [7, 11) is 0. The van der Waals surface area contributed by atoms with Gasteiger partial charge in [-0.05, 0) is 31.2 Å². The van der Waals surface area contributed by atoms with E-state index < -0.39 is 102 Å². The van der Waals surface area contributed by atoms with Crippen LogP contribution >= 0.6 is 0 Å². The molecule has 10 atom stereocenters. The van der Waals surface area contributed by atoms with Gasteiger partial charge in [-0.15, -0.1) is 0 Å². The maximum absolute atomic E-state index is 14.0. The number of benzene rings is 2. The number of esters is 2. The maximum Gasteiger partial charge on any atom is 0.303 e. The number of aliphatic hydroxyl groups excluding tert-OH is 5. The molecule has 260 valence electrons.